The van der Waals surface area contributed by atoms with Crippen molar-refractivity contribution in [3.63, 3.8) is 0 Å². The van der Waals surface area contributed by atoms with Gasteiger partial charge in [0.1, 0.15) is 11.5 Å². The van der Waals surface area contributed by atoms with E-state index in [0.29, 0.717) is 13.2 Å². The van der Waals surface area contributed by atoms with Crippen molar-refractivity contribution in [3.05, 3.63) is 53.4 Å². The van der Waals surface area contributed by atoms with Gasteiger partial charge in [-0.3, -0.25) is 0 Å². The first-order chi connectivity index (χ1) is 8.78. The number of nitrogens with two attached hydrogens (primary N) is 1. The zero-order valence-corrected chi connectivity index (χ0v) is 10.5. The highest BCUT2D eigenvalue weighted by Gasteiger charge is 2.09. The van der Waals surface area contributed by atoms with E-state index in [1.165, 1.54) is 5.56 Å². The fourth-order valence-corrected chi connectivity index (χ4v) is 1.78. The van der Waals surface area contributed by atoms with Crippen LogP contribution in [0.4, 0.5) is 0 Å². The summed E-state index contributed by atoms with van der Waals surface area (Å²) in [4.78, 5) is 0. The molecule has 1 heterocycles. The Hall–Kier alpha value is -1.65. The van der Waals surface area contributed by atoms with Crippen molar-refractivity contribution in [2.45, 2.75) is 26.1 Å². The third-order valence-corrected chi connectivity index (χ3v) is 2.71. The Bertz CT molecular complexity index is 468. The third-order valence-electron chi connectivity index (χ3n) is 2.71. The fourth-order valence-electron chi connectivity index (χ4n) is 1.78. The molecule has 0 radical (unpaired) electrons. The Labute approximate surface area is 107 Å². The molecule has 1 aromatic carbocycles. The lowest BCUT2D eigenvalue weighted by atomic mass is 10.1. The minimum absolute atomic E-state index is 0.00408. The fraction of sp³-hybridized carbons (Fsp3) is 0.357. The second kappa shape index (κ2) is 6.33. The number of aryl methyl sites for hydroxylation is 1. The summed E-state index contributed by atoms with van der Waals surface area (Å²) in [5, 5.41) is 3.89. The van der Waals surface area contributed by atoms with E-state index >= 15 is 0 Å². The van der Waals surface area contributed by atoms with E-state index in [4.69, 9.17) is 15.0 Å². The van der Waals surface area contributed by atoms with Crippen molar-refractivity contribution in [2.24, 2.45) is 5.73 Å². The Morgan fingerprint density at radius 3 is 2.72 bits per heavy atom. The summed E-state index contributed by atoms with van der Waals surface area (Å²) in [6, 6.07) is 12.1. The molecule has 0 spiro atoms. The van der Waals surface area contributed by atoms with E-state index in [2.05, 4.69) is 17.3 Å². The van der Waals surface area contributed by atoms with Gasteiger partial charge in [0, 0.05) is 12.6 Å². The summed E-state index contributed by atoms with van der Waals surface area (Å²) in [5.41, 5.74) is 7.75. The van der Waals surface area contributed by atoms with E-state index in [1.54, 1.807) is 0 Å². The van der Waals surface area contributed by atoms with Crippen LogP contribution >= 0.6 is 0 Å². The summed E-state index contributed by atoms with van der Waals surface area (Å²) < 4.78 is 10.7. The van der Waals surface area contributed by atoms with Gasteiger partial charge in [-0.25, -0.2) is 0 Å². The van der Waals surface area contributed by atoms with Gasteiger partial charge in [0.2, 0.25) is 0 Å². The number of aromatic nitrogens is 1. The van der Waals surface area contributed by atoms with Crippen LogP contribution in [-0.4, -0.2) is 17.8 Å². The minimum Gasteiger partial charge on any atom is -0.370 e. The van der Waals surface area contributed by atoms with Crippen molar-refractivity contribution in [1.82, 2.24) is 5.16 Å². The van der Waals surface area contributed by atoms with Gasteiger partial charge in [0.15, 0.2) is 0 Å². The highest BCUT2D eigenvalue weighted by Crippen LogP contribution is 2.09. The maximum atomic E-state index is 5.75. The Balaban J connectivity index is 1.86. The Morgan fingerprint density at radius 2 is 2.11 bits per heavy atom. The molecular formula is C14H18N2O2. The minimum atomic E-state index is 0.00408. The monoisotopic (exact) mass is 246 g/mol. The van der Waals surface area contributed by atoms with Crippen LogP contribution in [0.25, 0.3) is 0 Å². The van der Waals surface area contributed by atoms with Crippen LogP contribution < -0.4 is 5.73 Å². The van der Waals surface area contributed by atoms with Gasteiger partial charge in [-0.15, -0.1) is 0 Å². The lowest BCUT2D eigenvalue weighted by Crippen LogP contribution is -2.26. The molecule has 1 aromatic heterocycles. The van der Waals surface area contributed by atoms with Crippen LogP contribution in [0.3, 0.4) is 0 Å². The summed E-state index contributed by atoms with van der Waals surface area (Å²) >= 11 is 0. The lowest BCUT2D eigenvalue weighted by Gasteiger charge is -2.15. The average Bonchev–Trinajstić information content (AvgIpc) is 2.81. The van der Waals surface area contributed by atoms with E-state index < -0.39 is 0 Å². The number of benzene rings is 1. The van der Waals surface area contributed by atoms with Crippen molar-refractivity contribution >= 4 is 0 Å². The molecule has 18 heavy (non-hydrogen) atoms. The molecule has 2 aromatic rings. The largest absolute Gasteiger partial charge is 0.370 e. The first-order valence-electron chi connectivity index (χ1n) is 6.05. The molecule has 0 aliphatic carbocycles. The number of rotatable bonds is 6. The Kier molecular flexibility index (Phi) is 4.50. The van der Waals surface area contributed by atoms with Gasteiger partial charge in [-0.1, -0.05) is 35.5 Å². The predicted octanol–water partition coefficient (Wildman–Crippen LogP) is 2.07. The van der Waals surface area contributed by atoms with Crippen molar-refractivity contribution in [2.75, 3.05) is 6.54 Å². The summed E-state index contributed by atoms with van der Waals surface area (Å²) in [6.45, 7) is 2.79. The molecule has 1 atom stereocenters. The van der Waals surface area contributed by atoms with Crippen LogP contribution in [0.1, 0.15) is 17.0 Å². The standard InChI is InChI=1S/C14H18N2O2/c1-11-7-13(16-18-11)10-17-14(9-15)8-12-5-3-2-4-6-12/h2-7,14H,8-10,15H2,1H3/t14-/m1/s1. The summed E-state index contributed by atoms with van der Waals surface area (Å²) in [5.74, 6) is 0.793. The zero-order chi connectivity index (χ0) is 12.8. The normalized spacial score (nSPS) is 12.6. The molecule has 0 saturated heterocycles. The number of ether oxygens (including phenoxy) is 1. The molecule has 2 N–H and O–H groups in total. The number of hydrogen-bond acceptors (Lipinski definition) is 4. The highest BCUT2D eigenvalue weighted by molar-refractivity contribution is 5.15. The second-order valence-electron chi connectivity index (χ2n) is 4.29. The molecule has 4 heteroatoms. The van der Waals surface area contributed by atoms with Crippen molar-refractivity contribution in [1.29, 1.82) is 0 Å². The molecule has 0 bridgehead atoms. The third kappa shape index (κ3) is 3.68. The maximum absolute atomic E-state index is 5.75. The smallest absolute Gasteiger partial charge is 0.134 e. The quantitative estimate of drug-likeness (QED) is 0.847. The van der Waals surface area contributed by atoms with Crippen LogP contribution in [0.15, 0.2) is 40.9 Å². The maximum Gasteiger partial charge on any atom is 0.134 e. The van der Waals surface area contributed by atoms with Crippen LogP contribution in [0.5, 0.6) is 0 Å². The van der Waals surface area contributed by atoms with E-state index in [9.17, 15) is 0 Å². The summed E-state index contributed by atoms with van der Waals surface area (Å²) in [6.07, 6.45) is 0.818. The molecule has 4 nitrogen and oxygen atoms in total. The summed E-state index contributed by atoms with van der Waals surface area (Å²) in [7, 11) is 0. The van der Waals surface area contributed by atoms with Gasteiger partial charge in [-0.05, 0) is 18.9 Å². The zero-order valence-electron chi connectivity index (χ0n) is 10.5. The molecule has 0 fully saturated rings. The number of nitrogens with zero attached hydrogens (tertiary/aromatic N) is 1. The van der Waals surface area contributed by atoms with Gasteiger partial charge in [0.25, 0.3) is 0 Å². The second-order valence-corrected chi connectivity index (χ2v) is 4.29. The van der Waals surface area contributed by atoms with Crippen molar-refractivity contribution in [3.8, 4) is 0 Å². The van der Waals surface area contributed by atoms with Crippen LogP contribution in [0, 0.1) is 6.92 Å². The Morgan fingerprint density at radius 1 is 1.33 bits per heavy atom. The number of hydrogen-bond donors (Lipinski definition) is 1. The molecule has 2 rings (SSSR count). The molecule has 0 aliphatic heterocycles. The van der Waals surface area contributed by atoms with Crippen molar-refractivity contribution < 1.29 is 9.26 Å². The first kappa shape index (κ1) is 12.8. The van der Waals surface area contributed by atoms with E-state index in [1.807, 2.05) is 31.2 Å². The lowest BCUT2D eigenvalue weighted by molar-refractivity contribution is 0.0434. The van der Waals surface area contributed by atoms with Crippen LogP contribution in [0.2, 0.25) is 0 Å². The molecule has 0 unspecified atom stereocenters. The highest BCUT2D eigenvalue weighted by atomic mass is 16.5. The molecular weight excluding hydrogens is 228 g/mol. The van der Waals surface area contributed by atoms with Crippen LogP contribution in [-0.2, 0) is 17.8 Å². The van der Waals surface area contributed by atoms with Gasteiger partial charge in [-0.2, -0.15) is 0 Å². The molecule has 0 amide bonds. The predicted molar refractivity (Wildman–Crippen MR) is 69.0 cm³/mol. The molecule has 96 valence electrons. The van der Waals surface area contributed by atoms with Gasteiger partial charge >= 0.3 is 0 Å². The average molecular weight is 246 g/mol. The molecule has 0 saturated carbocycles. The molecule has 0 aliphatic rings. The van der Waals surface area contributed by atoms with E-state index in [0.717, 1.165) is 17.9 Å². The first-order valence-corrected chi connectivity index (χ1v) is 6.05. The SMILES string of the molecule is Cc1cc(CO[C@@H](CN)Cc2ccccc2)no1. The topological polar surface area (TPSA) is 61.3 Å². The van der Waals surface area contributed by atoms with Gasteiger partial charge in [0.05, 0.1) is 12.7 Å². The van der Waals surface area contributed by atoms with Gasteiger partial charge < -0.3 is 15.0 Å². The van der Waals surface area contributed by atoms with E-state index in [-0.39, 0.29) is 6.10 Å².